The summed E-state index contributed by atoms with van der Waals surface area (Å²) in [7, 11) is -3.68. The van der Waals surface area contributed by atoms with Crippen LogP contribution in [-0.2, 0) is 16.6 Å². The number of hydrogen-bond donors (Lipinski definition) is 2. The summed E-state index contributed by atoms with van der Waals surface area (Å²) < 4.78 is 32.3. The van der Waals surface area contributed by atoms with Gasteiger partial charge in [0.05, 0.1) is 11.0 Å². The van der Waals surface area contributed by atoms with Gasteiger partial charge in [-0.25, -0.2) is 13.1 Å². The van der Waals surface area contributed by atoms with E-state index in [0.717, 1.165) is 11.3 Å². The highest BCUT2D eigenvalue weighted by atomic mass is 32.2. The maximum Gasteiger partial charge on any atom is 0.251 e. The molecule has 0 fully saturated rings. The maximum absolute atomic E-state index is 12.4. The zero-order valence-corrected chi connectivity index (χ0v) is 16.3. The average molecular weight is 388 g/mol. The van der Waals surface area contributed by atoms with Crippen molar-refractivity contribution in [2.24, 2.45) is 0 Å². The predicted molar refractivity (Wildman–Crippen MR) is 105 cm³/mol. The summed E-state index contributed by atoms with van der Waals surface area (Å²) in [6, 6.07) is 13.3. The number of amides is 1. The quantitative estimate of drug-likeness (QED) is 0.647. The molecule has 0 aliphatic heterocycles. The van der Waals surface area contributed by atoms with Crippen LogP contribution in [0.25, 0.3) is 0 Å². The molecule has 0 saturated heterocycles. The van der Waals surface area contributed by atoms with Crippen LogP contribution in [-0.4, -0.2) is 27.0 Å². The van der Waals surface area contributed by atoms with E-state index in [1.165, 1.54) is 24.3 Å². The Morgan fingerprint density at radius 3 is 2.52 bits per heavy atom. The molecule has 0 unspecified atom stereocenters. The number of carbonyl (C=O) groups is 1. The highest BCUT2D eigenvalue weighted by molar-refractivity contribution is 7.89. The largest absolute Gasteiger partial charge is 0.491 e. The molecule has 27 heavy (non-hydrogen) atoms. The minimum Gasteiger partial charge on any atom is -0.491 e. The molecule has 0 aromatic heterocycles. The van der Waals surface area contributed by atoms with Gasteiger partial charge in [0, 0.05) is 18.7 Å². The van der Waals surface area contributed by atoms with E-state index in [9.17, 15) is 13.2 Å². The van der Waals surface area contributed by atoms with Crippen molar-refractivity contribution < 1.29 is 17.9 Å². The number of hydrogen-bond acceptors (Lipinski definition) is 4. The zero-order chi connectivity index (χ0) is 19.9. The van der Waals surface area contributed by atoms with E-state index in [0.29, 0.717) is 6.54 Å². The molecule has 1 amide bonds. The van der Waals surface area contributed by atoms with Crippen LogP contribution < -0.4 is 14.8 Å². The van der Waals surface area contributed by atoms with Crippen LogP contribution in [0.15, 0.2) is 66.1 Å². The molecule has 2 rings (SSSR count). The molecule has 2 N–H and O–H groups in total. The summed E-state index contributed by atoms with van der Waals surface area (Å²) in [6.45, 7) is 7.83. The van der Waals surface area contributed by atoms with E-state index in [-0.39, 0.29) is 29.0 Å². The fourth-order valence-corrected chi connectivity index (χ4v) is 3.34. The molecule has 144 valence electrons. The Kier molecular flexibility index (Phi) is 7.15. The van der Waals surface area contributed by atoms with E-state index in [1.54, 1.807) is 6.07 Å². The summed E-state index contributed by atoms with van der Waals surface area (Å²) in [5.41, 5.74) is 1.19. The van der Waals surface area contributed by atoms with E-state index >= 15 is 0 Å². The number of rotatable bonds is 9. The van der Waals surface area contributed by atoms with E-state index in [2.05, 4.69) is 16.6 Å². The van der Waals surface area contributed by atoms with Gasteiger partial charge in [0.15, 0.2) is 0 Å². The second-order valence-corrected chi connectivity index (χ2v) is 7.93. The Bertz CT molecular complexity index is 890. The fourth-order valence-electron chi connectivity index (χ4n) is 2.30. The molecule has 0 saturated carbocycles. The molecular weight excluding hydrogens is 364 g/mol. The summed E-state index contributed by atoms with van der Waals surface area (Å²) >= 11 is 0. The lowest BCUT2D eigenvalue weighted by atomic mass is 10.2. The maximum atomic E-state index is 12.4. The first-order valence-electron chi connectivity index (χ1n) is 8.56. The zero-order valence-electron chi connectivity index (χ0n) is 15.4. The minimum atomic E-state index is -3.68. The van der Waals surface area contributed by atoms with E-state index < -0.39 is 10.0 Å². The molecule has 0 radical (unpaired) electrons. The first-order valence-corrected chi connectivity index (χ1v) is 10.0. The summed E-state index contributed by atoms with van der Waals surface area (Å²) in [5.74, 6) is 0.420. The van der Waals surface area contributed by atoms with E-state index in [4.69, 9.17) is 4.74 Å². The lowest BCUT2D eigenvalue weighted by Gasteiger charge is -2.11. The molecule has 0 spiro atoms. The fraction of sp³-hybridized carbons (Fsp3) is 0.250. The highest BCUT2D eigenvalue weighted by Gasteiger charge is 2.15. The second-order valence-electron chi connectivity index (χ2n) is 6.16. The third kappa shape index (κ3) is 6.23. The number of ether oxygens (including phenoxy) is 1. The van der Waals surface area contributed by atoms with Gasteiger partial charge in [-0.2, -0.15) is 0 Å². The monoisotopic (exact) mass is 388 g/mol. The molecule has 6 nitrogen and oxygen atoms in total. The van der Waals surface area contributed by atoms with Crippen molar-refractivity contribution in [1.82, 2.24) is 10.0 Å². The van der Waals surface area contributed by atoms with Gasteiger partial charge in [-0.3, -0.25) is 4.79 Å². The van der Waals surface area contributed by atoms with Gasteiger partial charge in [-0.05, 0) is 49.7 Å². The molecular formula is C20H24N2O4S. The molecule has 2 aromatic carbocycles. The van der Waals surface area contributed by atoms with Crippen LogP contribution in [0.1, 0.15) is 29.8 Å². The van der Waals surface area contributed by atoms with Gasteiger partial charge >= 0.3 is 0 Å². The molecule has 0 aliphatic carbocycles. The SMILES string of the molecule is C=CCNS(=O)(=O)c1cccc(C(=O)NCc2ccc(OC(C)C)cc2)c1. The number of sulfonamides is 1. The van der Waals surface area contributed by atoms with Gasteiger partial charge in [0.25, 0.3) is 5.91 Å². The Morgan fingerprint density at radius 2 is 1.89 bits per heavy atom. The van der Waals surface area contributed by atoms with Crippen molar-refractivity contribution in [2.75, 3.05) is 6.54 Å². The number of benzene rings is 2. The molecule has 0 atom stereocenters. The Morgan fingerprint density at radius 1 is 1.19 bits per heavy atom. The van der Waals surface area contributed by atoms with Gasteiger partial charge < -0.3 is 10.1 Å². The first kappa shape index (κ1) is 20.7. The molecule has 0 bridgehead atoms. The molecule has 0 heterocycles. The number of carbonyl (C=O) groups excluding carboxylic acids is 1. The lowest BCUT2D eigenvalue weighted by Crippen LogP contribution is -2.25. The third-order valence-electron chi connectivity index (χ3n) is 3.57. The second kappa shape index (κ2) is 9.34. The van der Waals surface area contributed by atoms with Crippen molar-refractivity contribution in [1.29, 1.82) is 0 Å². The molecule has 0 aliphatic rings. The van der Waals surface area contributed by atoms with Gasteiger partial charge in [0.2, 0.25) is 10.0 Å². The average Bonchev–Trinajstić information content (AvgIpc) is 2.65. The first-order chi connectivity index (χ1) is 12.8. The summed E-state index contributed by atoms with van der Waals surface area (Å²) in [4.78, 5) is 12.4. The lowest BCUT2D eigenvalue weighted by molar-refractivity contribution is 0.0950. The Labute approximate surface area is 160 Å². The van der Waals surface area contributed by atoms with Crippen molar-refractivity contribution in [3.05, 3.63) is 72.3 Å². The third-order valence-corrected chi connectivity index (χ3v) is 4.99. The Hall–Kier alpha value is -2.64. The smallest absolute Gasteiger partial charge is 0.251 e. The van der Waals surface area contributed by atoms with Crippen LogP contribution in [0.5, 0.6) is 5.75 Å². The van der Waals surface area contributed by atoms with Crippen LogP contribution in [0.3, 0.4) is 0 Å². The van der Waals surface area contributed by atoms with Crippen LogP contribution in [0.2, 0.25) is 0 Å². The normalized spacial score (nSPS) is 11.2. The van der Waals surface area contributed by atoms with Crippen LogP contribution in [0.4, 0.5) is 0 Å². The van der Waals surface area contributed by atoms with Crippen LogP contribution in [0, 0.1) is 0 Å². The van der Waals surface area contributed by atoms with Gasteiger partial charge in [0.1, 0.15) is 5.75 Å². The van der Waals surface area contributed by atoms with Gasteiger partial charge in [-0.15, -0.1) is 6.58 Å². The molecule has 7 heteroatoms. The summed E-state index contributed by atoms with van der Waals surface area (Å²) in [6.07, 6.45) is 1.55. The summed E-state index contributed by atoms with van der Waals surface area (Å²) in [5, 5.41) is 2.79. The Balaban J connectivity index is 2.02. The van der Waals surface area contributed by atoms with Crippen molar-refractivity contribution in [2.45, 2.75) is 31.4 Å². The molecule has 2 aromatic rings. The van der Waals surface area contributed by atoms with Crippen molar-refractivity contribution in [3.8, 4) is 5.75 Å². The van der Waals surface area contributed by atoms with E-state index in [1.807, 2.05) is 38.1 Å². The van der Waals surface area contributed by atoms with Crippen LogP contribution >= 0.6 is 0 Å². The standard InChI is InChI=1S/C20H24N2O4S/c1-4-12-22-27(24,25)19-7-5-6-17(13-19)20(23)21-14-16-8-10-18(11-9-16)26-15(2)3/h4-11,13,15,22H,1,12,14H2,2-3H3,(H,21,23). The highest BCUT2D eigenvalue weighted by Crippen LogP contribution is 2.14. The number of nitrogens with one attached hydrogen (secondary N) is 2. The predicted octanol–water partition coefficient (Wildman–Crippen LogP) is 2.87. The minimum absolute atomic E-state index is 0.0344. The van der Waals surface area contributed by atoms with Crippen molar-refractivity contribution >= 4 is 15.9 Å². The van der Waals surface area contributed by atoms with Gasteiger partial charge in [-0.1, -0.05) is 24.3 Å². The van der Waals surface area contributed by atoms with Crippen molar-refractivity contribution in [3.63, 3.8) is 0 Å². The topological polar surface area (TPSA) is 84.5 Å².